The molecule has 4 aromatic rings. The van der Waals surface area contributed by atoms with Gasteiger partial charge in [0.05, 0.1) is 31.2 Å². The van der Waals surface area contributed by atoms with Crippen LogP contribution in [0.25, 0.3) is 17.1 Å². The Morgan fingerprint density at radius 2 is 1.90 bits per heavy atom. The average molecular weight is 568 g/mol. The summed E-state index contributed by atoms with van der Waals surface area (Å²) in [5, 5.41) is 10.6. The highest BCUT2D eigenvalue weighted by atomic mass is 19.4. The molecule has 9 nitrogen and oxygen atoms in total. The van der Waals surface area contributed by atoms with Gasteiger partial charge in [0.15, 0.2) is 0 Å². The Morgan fingerprint density at radius 3 is 2.56 bits per heavy atom. The summed E-state index contributed by atoms with van der Waals surface area (Å²) in [6, 6.07) is 13.2. The number of methoxy groups -OCH3 is 1. The number of nitrogens with zero attached hydrogens (tertiary/aromatic N) is 5. The minimum atomic E-state index is -4.38. The number of aryl methyl sites for hydroxylation is 1. The number of rotatable bonds is 7. The highest BCUT2D eigenvalue weighted by Gasteiger charge is 2.38. The molecular formula is C29H32F3N7O2. The third-order valence-corrected chi connectivity index (χ3v) is 7.24. The maximum Gasteiger partial charge on any atom is 0.401 e. The van der Waals surface area contributed by atoms with E-state index in [0.29, 0.717) is 29.4 Å². The second-order valence-corrected chi connectivity index (χ2v) is 10.3. The number of fused-ring (bicyclic) bond motifs is 1. The van der Waals surface area contributed by atoms with Gasteiger partial charge in [-0.1, -0.05) is 36.4 Å². The molecule has 5 rings (SSSR count). The summed E-state index contributed by atoms with van der Waals surface area (Å²) in [7, 11) is 3.43. The molecule has 12 heteroatoms. The first-order valence-electron chi connectivity index (χ1n) is 13.2. The molecule has 0 saturated carbocycles. The van der Waals surface area contributed by atoms with E-state index in [1.165, 1.54) is 4.90 Å². The number of halogens is 3. The fourth-order valence-electron chi connectivity index (χ4n) is 5.28. The number of para-hydroxylation sites is 1. The molecule has 41 heavy (non-hydrogen) atoms. The van der Waals surface area contributed by atoms with Gasteiger partial charge >= 0.3 is 12.2 Å². The zero-order valence-corrected chi connectivity index (χ0v) is 23.2. The van der Waals surface area contributed by atoms with Crippen LogP contribution in [0.5, 0.6) is 0 Å². The van der Waals surface area contributed by atoms with E-state index >= 15 is 0 Å². The van der Waals surface area contributed by atoms with E-state index in [4.69, 9.17) is 9.84 Å². The van der Waals surface area contributed by atoms with E-state index in [1.54, 1.807) is 25.0 Å². The van der Waals surface area contributed by atoms with Gasteiger partial charge in [-0.2, -0.15) is 18.3 Å². The van der Waals surface area contributed by atoms with Gasteiger partial charge in [-0.05, 0) is 42.7 Å². The largest absolute Gasteiger partial charge is 0.401 e. The summed E-state index contributed by atoms with van der Waals surface area (Å²) in [5.74, 6) is 0.430. The molecule has 0 saturated heterocycles. The van der Waals surface area contributed by atoms with Gasteiger partial charge in [0, 0.05) is 38.5 Å². The van der Waals surface area contributed by atoms with E-state index < -0.39 is 30.8 Å². The number of amides is 2. The maximum atomic E-state index is 13.5. The fourth-order valence-corrected chi connectivity index (χ4v) is 5.28. The van der Waals surface area contributed by atoms with Gasteiger partial charge in [-0.3, -0.25) is 10.2 Å². The van der Waals surface area contributed by atoms with Gasteiger partial charge in [0.2, 0.25) is 0 Å². The number of ether oxygens (including phenoxy) is 1. The monoisotopic (exact) mass is 567 g/mol. The van der Waals surface area contributed by atoms with Crippen molar-refractivity contribution in [2.75, 3.05) is 25.5 Å². The van der Waals surface area contributed by atoms with Crippen LogP contribution >= 0.6 is 0 Å². The van der Waals surface area contributed by atoms with Crippen molar-refractivity contribution in [2.24, 2.45) is 7.05 Å². The summed E-state index contributed by atoms with van der Waals surface area (Å²) < 4.78 is 49.0. The Morgan fingerprint density at radius 1 is 1.15 bits per heavy atom. The zero-order valence-electron chi connectivity index (χ0n) is 23.2. The molecule has 2 atom stereocenters. The molecule has 1 aliphatic heterocycles. The fraction of sp³-hybridized carbons (Fsp3) is 0.345. The van der Waals surface area contributed by atoms with Gasteiger partial charge < -0.3 is 14.6 Å². The van der Waals surface area contributed by atoms with Crippen molar-refractivity contribution < 1.29 is 22.7 Å². The van der Waals surface area contributed by atoms with Crippen LogP contribution in [0.2, 0.25) is 0 Å². The van der Waals surface area contributed by atoms with Gasteiger partial charge in [0.25, 0.3) is 0 Å². The summed E-state index contributed by atoms with van der Waals surface area (Å²) in [6.45, 7) is 2.84. The average Bonchev–Trinajstić information content (AvgIpc) is 3.49. The van der Waals surface area contributed by atoms with Crippen LogP contribution in [-0.4, -0.2) is 56.6 Å². The van der Waals surface area contributed by atoms with E-state index in [0.717, 1.165) is 22.4 Å². The van der Waals surface area contributed by atoms with E-state index in [1.807, 2.05) is 73.3 Å². The predicted molar refractivity (Wildman–Crippen MR) is 149 cm³/mol. The number of hydrogen-bond donors (Lipinski definition) is 2. The SMILES string of the molecule is COCc1ccc2c(c1)C(NC(=O)Nc1c(C)c(-c3cn(C)cn3)nn1-c1ccccc1)CN(CC(F)(F)F)C2C. The number of carbonyl (C=O) groups is 1. The summed E-state index contributed by atoms with van der Waals surface area (Å²) in [6.07, 6.45) is -0.876. The number of nitrogens with one attached hydrogen (secondary N) is 2. The smallest absolute Gasteiger partial charge is 0.380 e. The molecule has 0 bridgehead atoms. The van der Waals surface area contributed by atoms with Gasteiger partial charge in [0.1, 0.15) is 17.2 Å². The lowest BCUT2D eigenvalue weighted by Gasteiger charge is -2.40. The molecule has 1 aliphatic rings. The first-order valence-corrected chi connectivity index (χ1v) is 13.2. The summed E-state index contributed by atoms with van der Waals surface area (Å²) in [5.41, 5.74) is 5.03. The number of hydrogen-bond acceptors (Lipinski definition) is 5. The summed E-state index contributed by atoms with van der Waals surface area (Å²) in [4.78, 5) is 19.3. The number of aromatic nitrogens is 4. The van der Waals surface area contributed by atoms with Crippen LogP contribution in [-0.2, 0) is 18.4 Å². The van der Waals surface area contributed by atoms with Crippen LogP contribution in [0.3, 0.4) is 0 Å². The number of imidazole rings is 1. The quantitative estimate of drug-likeness (QED) is 0.307. The zero-order chi connectivity index (χ0) is 29.3. The molecule has 0 radical (unpaired) electrons. The maximum absolute atomic E-state index is 13.5. The van der Waals surface area contributed by atoms with Crippen LogP contribution in [0.4, 0.5) is 23.8 Å². The third kappa shape index (κ3) is 6.13. The van der Waals surface area contributed by atoms with Crippen molar-refractivity contribution in [3.05, 3.63) is 83.3 Å². The summed E-state index contributed by atoms with van der Waals surface area (Å²) >= 11 is 0. The Labute approximate surface area is 235 Å². The molecule has 0 aliphatic carbocycles. The molecule has 2 aromatic heterocycles. The van der Waals surface area contributed by atoms with E-state index in [-0.39, 0.29) is 6.54 Å². The molecule has 216 valence electrons. The highest BCUT2D eigenvalue weighted by molar-refractivity contribution is 5.91. The molecule has 0 spiro atoms. The molecular weight excluding hydrogens is 535 g/mol. The van der Waals surface area contributed by atoms with Crippen LogP contribution < -0.4 is 10.6 Å². The van der Waals surface area contributed by atoms with Crippen molar-refractivity contribution >= 4 is 11.8 Å². The Balaban J connectivity index is 1.47. The molecule has 2 N–H and O–H groups in total. The number of carbonyl (C=O) groups excluding carboxylic acids is 1. The van der Waals surface area contributed by atoms with Gasteiger partial charge in [-0.25, -0.2) is 14.5 Å². The predicted octanol–water partition coefficient (Wildman–Crippen LogP) is 5.53. The lowest BCUT2D eigenvalue weighted by Crippen LogP contribution is -2.47. The van der Waals surface area contributed by atoms with Crippen LogP contribution in [0.1, 0.15) is 41.3 Å². The van der Waals surface area contributed by atoms with Crippen molar-refractivity contribution in [1.29, 1.82) is 0 Å². The topological polar surface area (TPSA) is 89.2 Å². The first kappa shape index (κ1) is 28.4. The Kier molecular flexibility index (Phi) is 7.87. The minimum absolute atomic E-state index is 0.00630. The molecule has 0 fully saturated rings. The molecule has 2 aromatic carbocycles. The number of benzene rings is 2. The Bertz CT molecular complexity index is 1530. The second-order valence-electron chi connectivity index (χ2n) is 10.3. The Hall–Kier alpha value is -4.16. The van der Waals surface area contributed by atoms with Crippen LogP contribution in [0.15, 0.2) is 61.1 Å². The third-order valence-electron chi connectivity index (χ3n) is 7.24. The second kappa shape index (κ2) is 11.4. The van der Waals surface area contributed by atoms with E-state index in [9.17, 15) is 18.0 Å². The van der Waals surface area contributed by atoms with Gasteiger partial charge in [-0.15, -0.1) is 0 Å². The van der Waals surface area contributed by atoms with Crippen LogP contribution in [0, 0.1) is 6.92 Å². The lowest BCUT2D eigenvalue weighted by molar-refractivity contribution is -0.152. The van der Waals surface area contributed by atoms with E-state index in [2.05, 4.69) is 15.6 Å². The lowest BCUT2D eigenvalue weighted by atomic mass is 9.88. The van der Waals surface area contributed by atoms with Crippen molar-refractivity contribution in [2.45, 2.75) is 38.7 Å². The molecule has 2 unspecified atom stereocenters. The van der Waals surface area contributed by atoms with Crippen molar-refractivity contribution in [3.63, 3.8) is 0 Å². The number of urea groups is 1. The van der Waals surface area contributed by atoms with Crippen molar-refractivity contribution in [1.82, 2.24) is 29.5 Å². The minimum Gasteiger partial charge on any atom is -0.380 e. The number of anilines is 1. The molecule has 2 amide bonds. The normalized spacial score (nSPS) is 17.3. The number of alkyl halides is 3. The van der Waals surface area contributed by atoms with Crippen molar-refractivity contribution in [3.8, 4) is 17.1 Å². The highest BCUT2D eigenvalue weighted by Crippen LogP contribution is 2.37. The first-order chi connectivity index (χ1) is 19.5. The standard InChI is InChI=1S/C29H32F3N7O2/c1-18-26(25-13-37(3)17-33-25)36-39(21-8-6-5-7-9-21)27(18)35-28(40)34-24-14-38(16-29(30,31)32)19(2)22-11-10-20(15-41-4)12-23(22)24/h5-13,17,19,24H,14-16H2,1-4H3,(H2,34,35,40). The molecule has 3 heterocycles.